The molecule has 0 amide bonds. The molecule has 7 heteroatoms. The van der Waals surface area contributed by atoms with Crippen LogP contribution in [0.25, 0.3) is 0 Å². The van der Waals surface area contributed by atoms with E-state index in [0.29, 0.717) is 17.7 Å². The fraction of sp³-hybridized carbons (Fsp3) is 0.143. The number of phenols is 1. The van der Waals surface area contributed by atoms with Crippen molar-refractivity contribution in [1.29, 1.82) is 0 Å². The summed E-state index contributed by atoms with van der Waals surface area (Å²) in [6, 6.07) is 11.3. The van der Waals surface area contributed by atoms with Crippen molar-refractivity contribution in [3.05, 3.63) is 48.0 Å². The number of rotatable bonds is 4. The van der Waals surface area contributed by atoms with Gasteiger partial charge in [-0.05, 0) is 30.2 Å². The number of benzene rings is 2. The number of hydrogen-bond donors (Lipinski definition) is 2. The Balaban J connectivity index is 2.45. The topological polar surface area (TPSA) is 99.3 Å². The molecule has 0 aliphatic rings. The first-order chi connectivity index (χ1) is 9.91. The minimum absolute atomic E-state index is 0.142. The van der Waals surface area contributed by atoms with Crippen molar-refractivity contribution < 1.29 is 18.1 Å². The molecule has 0 saturated heterocycles. The molecule has 0 spiro atoms. The summed E-state index contributed by atoms with van der Waals surface area (Å²) < 4.78 is 31.6. The lowest BCUT2D eigenvalue weighted by Gasteiger charge is -2.07. The highest BCUT2D eigenvalue weighted by Crippen LogP contribution is 2.33. The van der Waals surface area contributed by atoms with Gasteiger partial charge in [-0.25, -0.2) is 0 Å². The predicted octanol–water partition coefficient (Wildman–Crippen LogP) is 3.62. The van der Waals surface area contributed by atoms with E-state index in [2.05, 4.69) is 10.2 Å². The Labute approximate surface area is 122 Å². The van der Waals surface area contributed by atoms with Crippen LogP contribution in [0.4, 0.5) is 11.4 Å². The minimum atomic E-state index is -4.38. The lowest BCUT2D eigenvalue weighted by Crippen LogP contribution is -2.02. The third kappa shape index (κ3) is 3.65. The van der Waals surface area contributed by atoms with Gasteiger partial charge < -0.3 is 5.11 Å². The predicted molar refractivity (Wildman–Crippen MR) is 77.9 cm³/mol. The first-order valence-electron chi connectivity index (χ1n) is 6.22. The zero-order valence-corrected chi connectivity index (χ0v) is 12.1. The van der Waals surface area contributed by atoms with Crippen LogP contribution in [0.1, 0.15) is 12.5 Å². The molecule has 0 bridgehead atoms. The number of azo groups is 1. The van der Waals surface area contributed by atoms with E-state index in [-0.39, 0.29) is 16.3 Å². The number of nitrogens with zero attached hydrogens (tertiary/aromatic N) is 2. The summed E-state index contributed by atoms with van der Waals surface area (Å²) in [5, 5.41) is 17.7. The van der Waals surface area contributed by atoms with Crippen molar-refractivity contribution in [3.63, 3.8) is 0 Å². The molecule has 2 aromatic rings. The van der Waals surface area contributed by atoms with Gasteiger partial charge in [0.05, 0.1) is 5.69 Å². The lowest BCUT2D eigenvalue weighted by atomic mass is 10.1. The molecule has 0 aliphatic carbocycles. The average Bonchev–Trinajstić information content (AvgIpc) is 2.46. The van der Waals surface area contributed by atoms with Gasteiger partial charge in [0, 0.05) is 6.07 Å². The Morgan fingerprint density at radius 1 is 1.10 bits per heavy atom. The molecule has 0 unspecified atom stereocenters. The van der Waals surface area contributed by atoms with E-state index in [1.165, 1.54) is 6.07 Å². The van der Waals surface area contributed by atoms with Crippen LogP contribution >= 0.6 is 0 Å². The summed E-state index contributed by atoms with van der Waals surface area (Å²) in [5.74, 6) is -0.362. The standard InChI is InChI=1S/C14H14N2O4S/c1-2-10-8-12(13(17)9-14(10)21(18,19)20)16-15-11-6-4-3-5-7-11/h3-9,17H,2H2,1H3,(H,18,19,20)/b16-15+. The van der Waals surface area contributed by atoms with E-state index in [0.717, 1.165) is 6.07 Å². The van der Waals surface area contributed by atoms with Crippen LogP contribution in [0.15, 0.2) is 57.6 Å². The molecule has 110 valence electrons. The first-order valence-corrected chi connectivity index (χ1v) is 7.66. The monoisotopic (exact) mass is 306 g/mol. The maximum atomic E-state index is 11.2. The highest BCUT2D eigenvalue weighted by atomic mass is 32.2. The van der Waals surface area contributed by atoms with Gasteiger partial charge in [0.1, 0.15) is 16.3 Å². The van der Waals surface area contributed by atoms with Gasteiger partial charge in [0.15, 0.2) is 0 Å². The molecule has 0 aromatic heterocycles. The van der Waals surface area contributed by atoms with Crippen LogP contribution in [-0.4, -0.2) is 18.1 Å². The SMILES string of the molecule is CCc1cc(/N=N/c2ccccc2)c(O)cc1S(=O)(=O)O. The van der Waals surface area contributed by atoms with Gasteiger partial charge in [0.25, 0.3) is 10.1 Å². The van der Waals surface area contributed by atoms with Gasteiger partial charge in [-0.3, -0.25) is 4.55 Å². The summed E-state index contributed by atoms with van der Waals surface area (Å²) in [4.78, 5) is -0.318. The van der Waals surface area contributed by atoms with E-state index in [4.69, 9.17) is 4.55 Å². The van der Waals surface area contributed by atoms with Crippen LogP contribution in [0, 0.1) is 0 Å². The highest BCUT2D eigenvalue weighted by molar-refractivity contribution is 7.85. The molecular formula is C14H14N2O4S. The number of aromatic hydroxyl groups is 1. The summed E-state index contributed by atoms with van der Waals surface area (Å²) in [6.45, 7) is 1.74. The maximum Gasteiger partial charge on any atom is 0.294 e. The van der Waals surface area contributed by atoms with E-state index >= 15 is 0 Å². The van der Waals surface area contributed by atoms with Gasteiger partial charge >= 0.3 is 0 Å². The molecule has 2 N–H and O–H groups in total. The second kappa shape index (κ2) is 6.02. The molecule has 2 rings (SSSR count). The van der Waals surface area contributed by atoms with E-state index in [1.807, 2.05) is 6.07 Å². The Kier molecular flexibility index (Phi) is 4.35. The van der Waals surface area contributed by atoms with E-state index < -0.39 is 10.1 Å². The molecular weight excluding hydrogens is 292 g/mol. The number of aryl methyl sites for hydroxylation is 1. The molecule has 0 saturated carbocycles. The molecule has 21 heavy (non-hydrogen) atoms. The zero-order chi connectivity index (χ0) is 15.5. The van der Waals surface area contributed by atoms with Gasteiger partial charge in [0.2, 0.25) is 0 Å². The summed E-state index contributed by atoms with van der Waals surface area (Å²) in [7, 11) is -4.38. The summed E-state index contributed by atoms with van der Waals surface area (Å²) in [6.07, 6.45) is 0.364. The quantitative estimate of drug-likeness (QED) is 0.665. The normalized spacial score (nSPS) is 11.9. The van der Waals surface area contributed by atoms with Crippen LogP contribution in [0.3, 0.4) is 0 Å². The Bertz CT molecular complexity index is 771. The van der Waals surface area contributed by atoms with Crippen LogP contribution in [-0.2, 0) is 16.5 Å². The fourth-order valence-electron chi connectivity index (χ4n) is 1.80. The molecule has 2 aromatic carbocycles. The largest absolute Gasteiger partial charge is 0.506 e. The summed E-state index contributed by atoms with van der Waals surface area (Å²) >= 11 is 0. The Hall–Kier alpha value is -2.25. The van der Waals surface area contributed by atoms with Gasteiger partial charge in [-0.15, -0.1) is 5.11 Å². The third-order valence-corrected chi connectivity index (χ3v) is 3.78. The molecule has 0 fully saturated rings. The molecule has 0 radical (unpaired) electrons. The maximum absolute atomic E-state index is 11.2. The molecule has 0 aliphatic heterocycles. The second-order valence-corrected chi connectivity index (χ2v) is 5.70. The lowest BCUT2D eigenvalue weighted by molar-refractivity contribution is 0.466. The van der Waals surface area contributed by atoms with Crippen molar-refractivity contribution in [2.24, 2.45) is 10.2 Å². The number of hydrogen-bond acceptors (Lipinski definition) is 5. The van der Waals surface area contributed by atoms with E-state index in [1.54, 1.807) is 31.2 Å². The minimum Gasteiger partial charge on any atom is -0.506 e. The molecule has 0 heterocycles. The zero-order valence-electron chi connectivity index (χ0n) is 11.3. The van der Waals surface area contributed by atoms with Gasteiger partial charge in [-0.2, -0.15) is 13.5 Å². The summed E-state index contributed by atoms with van der Waals surface area (Å²) in [5.41, 5.74) is 1.11. The van der Waals surface area contributed by atoms with Crippen molar-refractivity contribution >= 4 is 21.5 Å². The van der Waals surface area contributed by atoms with Crippen molar-refractivity contribution in [3.8, 4) is 5.75 Å². The van der Waals surface area contributed by atoms with E-state index in [9.17, 15) is 13.5 Å². The number of phenolic OH excluding ortho intramolecular Hbond substituents is 1. The first kappa shape index (κ1) is 15.1. The fourth-order valence-corrected chi connectivity index (χ4v) is 2.60. The van der Waals surface area contributed by atoms with Crippen molar-refractivity contribution in [1.82, 2.24) is 0 Å². The van der Waals surface area contributed by atoms with Crippen LogP contribution in [0.5, 0.6) is 5.75 Å². The second-order valence-electron chi connectivity index (χ2n) is 4.31. The molecule has 0 atom stereocenters. The van der Waals surface area contributed by atoms with Crippen LogP contribution in [0.2, 0.25) is 0 Å². The molecule has 6 nitrogen and oxygen atoms in total. The van der Waals surface area contributed by atoms with Crippen LogP contribution < -0.4 is 0 Å². The average molecular weight is 306 g/mol. The van der Waals surface area contributed by atoms with Crippen molar-refractivity contribution in [2.45, 2.75) is 18.2 Å². The Morgan fingerprint density at radius 3 is 2.33 bits per heavy atom. The van der Waals surface area contributed by atoms with Gasteiger partial charge in [-0.1, -0.05) is 25.1 Å². The highest BCUT2D eigenvalue weighted by Gasteiger charge is 2.17. The third-order valence-electron chi connectivity index (χ3n) is 2.85. The smallest absolute Gasteiger partial charge is 0.294 e. The Morgan fingerprint density at radius 2 is 1.76 bits per heavy atom. The van der Waals surface area contributed by atoms with Crippen molar-refractivity contribution in [2.75, 3.05) is 0 Å².